The molecule has 0 aromatic rings. The molecule has 2 aliphatic rings. The Morgan fingerprint density at radius 2 is 2.19 bits per heavy atom. The first-order chi connectivity index (χ1) is 7.74. The van der Waals surface area contributed by atoms with Gasteiger partial charge in [-0.25, -0.2) is 0 Å². The smallest absolute Gasteiger partial charge is 0.239 e. The summed E-state index contributed by atoms with van der Waals surface area (Å²) in [4.78, 5) is 14.0. The third-order valence-corrected chi connectivity index (χ3v) is 3.91. The van der Waals surface area contributed by atoms with Crippen molar-refractivity contribution in [2.45, 2.75) is 32.2 Å². The van der Waals surface area contributed by atoms with Crippen LogP contribution in [0.2, 0.25) is 0 Å². The average Bonchev–Trinajstić information content (AvgIpc) is 2.27. The van der Waals surface area contributed by atoms with Crippen molar-refractivity contribution in [3.05, 3.63) is 0 Å². The van der Waals surface area contributed by atoms with Crippen molar-refractivity contribution in [3.8, 4) is 0 Å². The number of amides is 1. The number of nitrogens with one attached hydrogen (secondary N) is 1. The fourth-order valence-corrected chi connectivity index (χ4v) is 2.64. The molecule has 2 saturated heterocycles. The molecular weight excluding hydrogens is 204 g/mol. The van der Waals surface area contributed by atoms with Gasteiger partial charge in [-0.1, -0.05) is 13.3 Å². The number of carbonyl (C=O) groups excluding carboxylic acids is 1. The van der Waals surface area contributed by atoms with E-state index in [2.05, 4.69) is 12.2 Å². The highest BCUT2D eigenvalue weighted by Gasteiger charge is 2.35. The first kappa shape index (κ1) is 11.9. The van der Waals surface area contributed by atoms with Crippen molar-refractivity contribution >= 4 is 5.91 Å². The Morgan fingerprint density at radius 3 is 2.81 bits per heavy atom. The Kier molecular flexibility index (Phi) is 3.82. The third-order valence-electron chi connectivity index (χ3n) is 3.91. The van der Waals surface area contributed by atoms with E-state index in [1.54, 1.807) is 0 Å². The summed E-state index contributed by atoms with van der Waals surface area (Å²) in [7, 11) is 0. The predicted molar refractivity (Wildman–Crippen MR) is 62.0 cm³/mol. The summed E-state index contributed by atoms with van der Waals surface area (Å²) in [5.41, 5.74) is 0. The van der Waals surface area contributed by atoms with Gasteiger partial charge in [0.2, 0.25) is 5.91 Å². The number of nitrogens with zero attached hydrogens (tertiary/aromatic N) is 1. The van der Waals surface area contributed by atoms with Gasteiger partial charge in [-0.15, -0.1) is 0 Å². The first-order valence-corrected chi connectivity index (χ1v) is 6.37. The Labute approximate surface area is 97.0 Å². The van der Waals surface area contributed by atoms with Crippen LogP contribution in [0.15, 0.2) is 0 Å². The largest absolute Gasteiger partial charge is 0.396 e. The van der Waals surface area contributed by atoms with E-state index in [-0.39, 0.29) is 18.6 Å². The summed E-state index contributed by atoms with van der Waals surface area (Å²) in [6, 6.07) is 0.0262. The van der Waals surface area contributed by atoms with Gasteiger partial charge < -0.3 is 15.3 Å². The lowest BCUT2D eigenvalue weighted by molar-refractivity contribution is -0.141. The van der Waals surface area contributed by atoms with E-state index >= 15 is 0 Å². The van der Waals surface area contributed by atoms with Crippen molar-refractivity contribution in [1.82, 2.24) is 10.2 Å². The number of hydrogen-bond acceptors (Lipinski definition) is 3. The lowest BCUT2D eigenvalue weighted by Gasteiger charge is -2.41. The Morgan fingerprint density at radius 1 is 1.44 bits per heavy atom. The maximum Gasteiger partial charge on any atom is 0.239 e. The van der Waals surface area contributed by atoms with E-state index in [9.17, 15) is 4.79 Å². The molecule has 0 bridgehead atoms. The van der Waals surface area contributed by atoms with Crippen LogP contribution in [0.25, 0.3) is 0 Å². The number of carbonyl (C=O) groups is 1. The molecule has 2 rings (SSSR count). The molecule has 2 heterocycles. The van der Waals surface area contributed by atoms with Gasteiger partial charge in [0.05, 0.1) is 6.04 Å². The Hall–Kier alpha value is -0.610. The third kappa shape index (κ3) is 2.38. The van der Waals surface area contributed by atoms with Gasteiger partial charge in [-0.3, -0.25) is 4.79 Å². The molecule has 0 aromatic heterocycles. The summed E-state index contributed by atoms with van der Waals surface area (Å²) in [6.45, 7) is 4.85. The molecule has 2 aliphatic heterocycles. The lowest BCUT2D eigenvalue weighted by Crippen LogP contribution is -2.58. The molecule has 2 fully saturated rings. The standard InChI is InChI=1S/C12H22N2O2/c1-2-9-3-4-13-11(5-9)12(16)14-6-10(7-14)8-15/h9-11,13,15H,2-8H2,1H3. The number of aliphatic hydroxyl groups excluding tert-OH is 1. The van der Waals surface area contributed by atoms with E-state index in [0.29, 0.717) is 11.8 Å². The van der Waals surface area contributed by atoms with E-state index in [4.69, 9.17) is 5.11 Å². The van der Waals surface area contributed by atoms with E-state index < -0.39 is 0 Å². The van der Waals surface area contributed by atoms with Gasteiger partial charge in [-0.2, -0.15) is 0 Å². The summed E-state index contributed by atoms with van der Waals surface area (Å²) < 4.78 is 0. The van der Waals surface area contributed by atoms with Crippen LogP contribution in [0.4, 0.5) is 0 Å². The van der Waals surface area contributed by atoms with Crippen LogP contribution in [0.5, 0.6) is 0 Å². The van der Waals surface area contributed by atoms with Gasteiger partial charge in [-0.05, 0) is 25.3 Å². The molecule has 1 amide bonds. The molecule has 2 unspecified atom stereocenters. The number of piperidine rings is 1. The summed E-state index contributed by atoms with van der Waals surface area (Å²) in [5.74, 6) is 1.25. The first-order valence-electron chi connectivity index (χ1n) is 6.37. The van der Waals surface area contributed by atoms with Crippen molar-refractivity contribution in [2.75, 3.05) is 26.2 Å². The Balaban J connectivity index is 1.81. The van der Waals surface area contributed by atoms with Gasteiger partial charge >= 0.3 is 0 Å². The normalized spacial score (nSPS) is 31.2. The van der Waals surface area contributed by atoms with Crippen LogP contribution < -0.4 is 5.32 Å². The zero-order valence-electron chi connectivity index (χ0n) is 9.98. The second-order valence-electron chi connectivity index (χ2n) is 5.10. The van der Waals surface area contributed by atoms with Crippen molar-refractivity contribution in [3.63, 3.8) is 0 Å². The Bertz CT molecular complexity index is 251. The molecule has 0 aromatic carbocycles. The van der Waals surface area contributed by atoms with Crippen LogP contribution in [0.3, 0.4) is 0 Å². The molecule has 92 valence electrons. The fourth-order valence-electron chi connectivity index (χ4n) is 2.64. The van der Waals surface area contributed by atoms with Crippen LogP contribution in [0, 0.1) is 11.8 Å². The molecule has 2 atom stereocenters. The summed E-state index contributed by atoms with van der Waals surface area (Å²) >= 11 is 0. The number of rotatable bonds is 3. The molecule has 4 nitrogen and oxygen atoms in total. The highest BCUT2D eigenvalue weighted by molar-refractivity contribution is 5.82. The van der Waals surface area contributed by atoms with Crippen molar-refractivity contribution in [2.24, 2.45) is 11.8 Å². The maximum absolute atomic E-state index is 12.1. The molecule has 16 heavy (non-hydrogen) atoms. The highest BCUT2D eigenvalue weighted by atomic mass is 16.3. The molecule has 0 radical (unpaired) electrons. The fraction of sp³-hybridized carbons (Fsp3) is 0.917. The van der Waals surface area contributed by atoms with Crippen molar-refractivity contribution in [1.29, 1.82) is 0 Å². The van der Waals surface area contributed by atoms with Gasteiger partial charge in [0, 0.05) is 25.6 Å². The van der Waals surface area contributed by atoms with Crippen LogP contribution >= 0.6 is 0 Å². The maximum atomic E-state index is 12.1. The SMILES string of the molecule is CCC1CCNC(C(=O)N2CC(CO)C2)C1. The second kappa shape index (κ2) is 5.15. The van der Waals surface area contributed by atoms with Gasteiger partial charge in [0.25, 0.3) is 0 Å². The number of aliphatic hydroxyl groups is 1. The van der Waals surface area contributed by atoms with Crippen LogP contribution in [-0.4, -0.2) is 48.2 Å². The quantitative estimate of drug-likeness (QED) is 0.723. The molecule has 4 heteroatoms. The minimum atomic E-state index is 0.0262. The van der Waals surface area contributed by atoms with Gasteiger partial charge in [0.1, 0.15) is 0 Å². The monoisotopic (exact) mass is 226 g/mol. The lowest BCUT2D eigenvalue weighted by atomic mass is 9.89. The van der Waals surface area contributed by atoms with Crippen LogP contribution in [0.1, 0.15) is 26.2 Å². The molecule has 0 aliphatic carbocycles. The zero-order valence-corrected chi connectivity index (χ0v) is 9.98. The van der Waals surface area contributed by atoms with Crippen molar-refractivity contribution < 1.29 is 9.90 Å². The topological polar surface area (TPSA) is 52.6 Å². The molecule has 0 saturated carbocycles. The second-order valence-corrected chi connectivity index (χ2v) is 5.10. The minimum Gasteiger partial charge on any atom is -0.396 e. The zero-order chi connectivity index (χ0) is 11.5. The van der Waals surface area contributed by atoms with E-state index in [0.717, 1.165) is 26.1 Å². The number of hydrogen-bond donors (Lipinski definition) is 2. The molecular formula is C12H22N2O2. The summed E-state index contributed by atoms with van der Waals surface area (Å²) in [5, 5.41) is 12.2. The van der Waals surface area contributed by atoms with E-state index in [1.807, 2.05) is 4.90 Å². The van der Waals surface area contributed by atoms with Crippen LogP contribution in [-0.2, 0) is 4.79 Å². The van der Waals surface area contributed by atoms with E-state index in [1.165, 1.54) is 12.8 Å². The number of likely N-dealkylation sites (tertiary alicyclic amines) is 1. The molecule has 0 spiro atoms. The highest BCUT2D eigenvalue weighted by Crippen LogP contribution is 2.23. The van der Waals surface area contributed by atoms with Gasteiger partial charge in [0.15, 0.2) is 0 Å². The molecule has 2 N–H and O–H groups in total. The average molecular weight is 226 g/mol. The minimum absolute atomic E-state index is 0.0262. The summed E-state index contributed by atoms with van der Waals surface area (Å²) in [6.07, 6.45) is 3.35. The predicted octanol–water partition coefficient (Wildman–Crippen LogP) is 0.215.